The third kappa shape index (κ3) is 3.32. The predicted octanol–water partition coefficient (Wildman–Crippen LogP) is 1.30. The Morgan fingerprint density at radius 3 is 3.00 bits per heavy atom. The molecule has 0 spiro atoms. The number of aliphatic hydroxyl groups excluding tert-OH is 1. The van der Waals surface area contributed by atoms with Crippen LogP contribution in [0.3, 0.4) is 0 Å². The summed E-state index contributed by atoms with van der Waals surface area (Å²) in [6, 6.07) is 3.83. The Morgan fingerprint density at radius 2 is 2.29 bits per heavy atom. The lowest BCUT2D eigenvalue weighted by Gasteiger charge is -2.23. The second-order valence-electron chi connectivity index (χ2n) is 5.76. The van der Waals surface area contributed by atoms with Gasteiger partial charge in [-0.2, -0.15) is 5.10 Å². The Kier molecular flexibility index (Phi) is 5.22. The highest BCUT2D eigenvalue weighted by molar-refractivity contribution is 6.11. The fraction of sp³-hybridized carbons (Fsp3) is 0.471. The summed E-state index contributed by atoms with van der Waals surface area (Å²) >= 11 is 0. The zero-order chi connectivity index (χ0) is 16.9. The summed E-state index contributed by atoms with van der Waals surface area (Å²) < 4.78 is 5.53. The topological polar surface area (TPSA) is 86.6 Å². The van der Waals surface area contributed by atoms with Gasteiger partial charge in [-0.1, -0.05) is 0 Å². The summed E-state index contributed by atoms with van der Waals surface area (Å²) in [5.74, 6) is 0.849. The van der Waals surface area contributed by atoms with Gasteiger partial charge >= 0.3 is 0 Å². The van der Waals surface area contributed by atoms with E-state index in [0.29, 0.717) is 6.61 Å². The molecule has 1 saturated heterocycles. The Labute approximate surface area is 141 Å². The maximum absolute atomic E-state index is 9.77. The molecule has 0 radical (unpaired) electrons. The first-order chi connectivity index (χ1) is 11.7. The van der Waals surface area contributed by atoms with Crippen LogP contribution >= 0.6 is 0 Å². The molecule has 7 heteroatoms. The van der Waals surface area contributed by atoms with E-state index in [-0.39, 0.29) is 6.61 Å². The third-order valence-corrected chi connectivity index (χ3v) is 4.27. The molecule has 0 atom stereocenters. The van der Waals surface area contributed by atoms with E-state index in [1.54, 1.807) is 13.2 Å². The minimum absolute atomic E-state index is 0.0315. The highest BCUT2D eigenvalue weighted by atomic mass is 16.5. The number of aromatic amines is 1. The van der Waals surface area contributed by atoms with Gasteiger partial charge in [0.2, 0.25) is 0 Å². The molecule has 0 saturated carbocycles. The van der Waals surface area contributed by atoms with Crippen molar-refractivity contribution in [3.63, 3.8) is 0 Å². The Hall–Kier alpha value is -2.25. The van der Waals surface area contributed by atoms with Gasteiger partial charge in [0, 0.05) is 32.9 Å². The SMILES string of the molecule is C/N=C(/c1cc[nH]n1)c1nc(N2CCCOCC2)cc(CO)c1C. The number of aromatic nitrogens is 3. The molecule has 0 amide bonds. The number of aliphatic hydroxyl groups is 1. The molecule has 3 heterocycles. The van der Waals surface area contributed by atoms with E-state index in [2.05, 4.69) is 20.1 Å². The van der Waals surface area contributed by atoms with E-state index in [1.807, 2.05) is 19.1 Å². The Morgan fingerprint density at radius 1 is 1.42 bits per heavy atom. The Balaban J connectivity index is 2.06. The molecule has 1 aliphatic rings. The van der Waals surface area contributed by atoms with Crippen LogP contribution in [0.15, 0.2) is 23.3 Å². The van der Waals surface area contributed by atoms with Gasteiger partial charge < -0.3 is 14.7 Å². The third-order valence-electron chi connectivity index (χ3n) is 4.27. The van der Waals surface area contributed by atoms with Gasteiger partial charge in [-0.15, -0.1) is 0 Å². The van der Waals surface area contributed by atoms with Gasteiger partial charge in [-0.25, -0.2) is 4.98 Å². The monoisotopic (exact) mass is 329 g/mol. The molecule has 2 N–H and O–H groups in total. The van der Waals surface area contributed by atoms with Gasteiger partial charge in [0.05, 0.1) is 18.9 Å². The molecule has 1 fully saturated rings. The summed E-state index contributed by atoms with van der Waals surface area (Å²) in [7, 11) is 1.73. The number of hydrogen-bond donors (Lipinski definition) is 2. The van der Waals surface area contributed by atoms with Crippen LogP contribution in [0.2, 0.25) is 0 Å². The minimum Gasteiger partial charge on any atom is -0.392 e. The molecule has 0 aliphatic carbocycles. The highest BCUT2D eigenvalue weighted by Gasteiger charge is 2.19. The summed E-state index contributed by atoms with van der Waals surface area (Å²) in [6.45, 7) is 5.07. The average Bonchev–Trinajstić information content (AvgIpc) is 2.98. The van der Waals surface area contributed by atoms with Crippen molar-refractivity contribution in [2.75, 3.05) is 38.3 Å². The fourth-order valence-corrected chi connectivity index (χ4v) is 2.91. The normalized spacial score (nSPS) is 16.3. The molecule has 2 aromatic rings. The summed E-state index contributed by atoms with van der Waals surface area (Å²) in [5, 5.41) is 16.8. The van der Waals surface area contributed by atoms with Crippen LogP contribution in [0.5, 0.6) is 0 Å². The predicted molar refractivity (Wildman–Crippen MR) is 92.7 cm³/mol. The maximum Gasteiger partial charge on any atom is 0.129 e. The van der Waals surface area contributed by atoms with Crippen molar-refractivity contribution < 1.29 is 9.84 Å². The number of nitrogens with one attached hydrogen (secondary N) is 1. The van der Waals surface area contributed by atoms with Crippen molar-refractivity contribution in [3.8, 4) is 0 Å². The van der Waals surface area contributed by atoms with Crippen molar-refractivity contribution in [3.05, 3.63) is 40.8 Å². The standard InChI is InChI=1S/C17H23N5O2/c1-12-13(11-23)10-15(22-6-3-8-24-9-7-22)20-16(12)17(18-2)14-4-5-19-21-14/h4-5,10,23H,3,6-9,11H2,1-2H3,(H,19,21)/b18-17-. The number of nitrogens with zero attached hydrogens (tertiary/aromatic N) is 4. The number of pyridine rings is 1. The lowest BCUT2D eigenvalue weighted by molar-refractivity contribution is 0.152. The lowest BCUT2D eigenvalue weighted by atomic mass is 10.0. The quantitative estimate of drug-likeness (QED) is 0.826. The van der Waals surface area contributed by atoms with Crippen molar-refractivity contribution in [2.45, 2.75) is 20.0 Å². The van der Waals surface area contributed by atoms with Gasteiger partial charge in [0.1, 0.15) is 17.2 Å². The molecule has 0 unspecified atom stereocenters. The molecule has 1 aliphatic heterocycles. The highest BCUT2D eigenvalue weighted by Crippen LogP contribution is 2.23. The van der Waals surface area contributed by atoms with Crippen LogP contribution in [0.4, 0.5) is 5.82 Å². The van der Waals surface area contributed by atoms with Crippen LogP contribution < -0.4 is 4.90 Å². The molecular weight excluding hydrogens is 306 g/mol. The first-order valence-corrected chi connectivity index (χ1v) is 8.16. The molecule has 0 aromatic carbocycles. The van der Waals surface area contributed by atoms with E-state index in [0.717, 1.165) is 60.2 Å². The maximum atomic E-state index is 9.77. The first-order valence-electron chi connectivity index (χ1n) is 8.16. The summed E-state index contributed by atoms with van der Waals surface area (Å²) in [5.41, 5.74) is 4.01. The zero-order valence-corrected chi connectivity index (χ0v) is 14.1. The smallest absolute Gasteiger partial charge is 0.129 e. The summed E-state index contributed by atoms with van der Waals surface area (Å²) in [4.78, 5) is 11.4. The van der Waals surface area contributed by atoms with Crippen LogP contribution in [-0.4, -0.2) is 59.4 Å². The molecule has 24 heavy (non-hydrogen) atoms. The van der Waals surface area contributed by atoms with E-state index < -0.39 is 0 Å². The van der Waals surface area contributed by atoms with E-state index in [4.69, 9.17) is 9.72 Å². The number of rotatable bonds is 4. The molecule has 3 rings (SSSR count). The van der Waals surface area contributed by atoms with Crippen molar-refractivity contribution in [1.29, 1.82) is 0 Å². The van der Waals surface area contributed by atoms with Crippen molar-refractivity contribution >= 4 is 11.5 Å². The van der Waals surface area contributed by atoms with Crippen LogP contribution in [0, 0.1) is 6.92 Å². The number of anilines is 1. The molecule has 2 aromatic heterocycles. The van der Waals surface area contributed by atoms with Gasteiger partial charge in [0.25, 0.3) is 0 Å². The minimum atomic E-state index is -0.0315. The number of aliphatic imine (C=N–C) groups is 1. The van der Waals surface area contributed by atoms with Crippen LogP contribution in [0.1, 0.15) is 28.9 Å². The number of H-pyrrole nitrogens is 1. The second kappa shape index (κ2) is 7.55. The van der Waals surface area contributed by atoms with E-state index in [1.165, 1.54) is 0 Å². The lowest BCUT2D eigenvalue weighted by Crippen LogP contribution is -2.28. The molecule has 0 bridgehead atoms. The number of hydrogen-bond acceptors (Lipinski definition) is 6. The Bertz CT molecular complexity index is 704. The average molecular weight is 329 g/mol. The van der Waals surface area contributed by atoms with Gasteiger partial charge in [-0.3, -0.25) is 10.1 Å². The van der Waals surface area contributed by atoms with Crippen molar-refractivity contribution in [2.24, 2.45) is 4.99 Å². The van der Waals surface area contributed by atoms with Gasteiger partial charge in [-0.05, 0) is 36.6 Å². The second-order valence-corrected chi connectivity index (χ2v) is 5.76. The van der Waals surface area contributed by atoms with Crippen molar-refractivity contribution in [1.82, 2.24) is 15.2 Å². The van der Waals surface area contributed by atoms with Crippen LogP contribution in [-0.2, 0) is 11.3 Å². The fourth-order valence-electron chi connectivity index (χ4n) is 2.91. The largest absolute Gasteiger partial charge is 0.392 e. The zero-order valence-electron chi connectivity index (χ0n) is 14.1. The molecule has 7 nitrogen and oxygen atoms in total. The van der Waals surface area contributed by atoms with Gasteiger partial charge in [0.15, 0.2) is 0 Å². The van der Waals surface area contributed by atoms with E-state index in [9.17, 15) is 5.11 Å². The van der Waals surface area contributed by atoms with E-state index >= 15 is 0 Å². The van der Waals surface area contributed by atoms with Crippen LogP contribution in [0.25, 0.3) is 0 Å². The first kappa shape index (κ1) is 16.6. The summed E-state index contributed by atoms with van der Waals surface area (Å²) in [6.07, 6.45) is 2.73. The number of ether oxygens (including phenoxy) is 1. The molecular formula is C17H23N5O2. The molecule has 128 valence electrons.